The van der Waals surface area contributed by atoms with Gasteiger partial charge in [-0.3, -0.25) is 14.4 Å². The van der Waals surface area contributed by atoms with Crippen molar-refractivity contribution >= 4 is 17.9 Å². The first-order chi connectivity index (χ1) is 36.5. The number of rotatable bonds is 55. The monoisotopic (exact) mass is 1030 g/mol. The van der Waals surface area contributed by atoms with E-state index in [-0.39, 0.29) is 31.1 Å². The molecule has 1 atom stereocenters. The predicted octanol–water partition coefficient (Wildman–Crippen LogP) is 21.0. The van der Waals surface area contributed by atoms with Gasteiger partial charge in [-0.15, -0.1) is 0 Å². The average molecular weight is 1030 g/mol. The van der Waals surface area contributed by atoms with E-state index in [0.29, 0.717) is 19.3 Å². The van der Waals surface area contributed by atoms with E-state index in [4.69, 9.17) is 14.2 Å². The van der Waals surface area contributed by atoms with Crippen LogP contribution in [0.15, 0.2) is 109 Å². The maximum atomic E-state index is 12.9. The first kappa shape index (κ1) is 70.1. The van der Waals surface area contributed by atoms with Gasteiger partial charge in [0, 0.05) is 19.3 Å². The van der Waals surface area contributed by atoms with Gasteiger partial charge in [0.2, 0.25) is 0 Å². The lowest BCUT2D eigenvalue weighted by atomic mass is 10.0. The molecular weight excluding hydrogens is 913 g/mol. The Hall–Kier alpha value is -3.93. The quantitative estimate of drug-likeness (QED) is 0.0261. The van der Waals surface area contributed by atoms with E-state index in [1.807, 2.05) is 0 Å². The Bertz CT molecular complexity index is 1510. The number of ether oxygens (including phenoxy) is 3. The summed E-state index contributed by atoms with van der Waals surface area (Å²) in [4.78, 5) is 38.2. The molecular formula is C68H114O6. The molecule has 0 fully saturated rings. The molecule has 0 aromatic rings. The minimum atomic E-state index is -0.801. The molecule has 0 aliphatic rings. The van der Waals surface area contributed by atoms with Crippen molar-refractivity contribution in [1.29, 1.82) is 0 Å². The Morgan fingerprint density at radius 3 is 0.865 bits per heavy atom. The molecule has 0 aliphatic carbocycles. The lowest BCUT2D eigenvalue weighted by molar-refractivity contribution is -0.167. The smallest absolute Gasteiger partial charge is 0.306 e. The summed E-state index contributed by atoms with van der Waals surface area (Å²) < 4.78 is 16.9. The zero-order chi connectivity index (χ0) is 53.6. The molecule has 0 heterocycles. The SMILES string of the molecule is CC/C=C\C/C=C\C/C=C\C/C=C\C/C=C\C/C=C\C/C=C\C/C=C\CCCCC(=O)OCC(COC(=O)CCCCCCCCCCCCCCC)OC(=O)CCCCCCC/C=C\CCCCCCCCC. The highest BCUT2D eigenvalue weighted by atomic mass is 16.6. The van der Waals surface area contributed by atoms with Crippen LogP contribution in [0.1, 0.15) is 284 Å². The molecule has 0 rings (SSSR count). The fourth-order valence-electron chi connectivity index (χ4n) is 8.39. The number of carbonyl (C=O) groups excluding carboxylic acids is 3. The van der Waals surface area contributed by atoms with Gasteiger partial charge >= 0.3 is 17.9 Å². The molecule has 0 radical (unpaired) electrons. The number of esters is 3. The molecule has 0 N–H and O–H groups in total. The summed E-state index contributed by atoms with van der Waals surface area (Å²) in [6.07, 6.45) is 83.7. The van der Waals surface area contributed by atoms with Gasteiger partial charge in [-0.25, -0.2) is 0 Å². The second-order valence-corrected chi connectivity index (χ2v) is 20.2. The molecule has 74 heavy (non-hydrogen) atoms. The zero-order valence-electron chi connectivity index (χ0n) is 48.3. The number of allylic oxidation sites excluding steroid dienone is 18. The van der Waals surface area contributed by atoms with Crippen LogP contribution in [0.5, 0.6) is 0 Å². The van der Waals surface area contributed by atoms with Crippen molar-refractivity contribution in [1.82, 2.24) is 0 Å². The summed E-state index contributed by atoms with van der Waals surface area (Å²) in [7, 11) is 0. The summed E-state index contributed by atoms with van der Waals surface area (Å²) in [5.41, 5.74) is 0. The third-order valence-electron chi connectivity index (χ3n) is 13.0. The average Bonchev–Trinajstić information content (AvgIpc) is 3.40. The molecule has 0 amide bonds. The van der Waals surface area contributed by atoms with Crippen LogP contribution in [0.3, 0.4) is 0 Å². The van der Waals surface area contributed by atoms with Gasteiger partial charge in [-0.1, -0.05) is 265 Å². The summed E-state index contributed by atoms with van der Waals surface area (Å²) in [5.74, 6) is -0.943. The lowest BCUT2D eigenvalue weighted by Gasteiger charge is -2.18. The first-order valence-electron chi connectivity index (χ1n) is 30.9. The number of unbranched alkanes of at least 4 members (excludes halogenated alkanes) is 26. The zero-order valence-corrected chi connectivity index (χ0v) is 48.3. The number of carbonyl (C=O) groups is 3. The van der Waals surface area contributed by atoms with Crippen LogP contribution in [0.2, 0.25) is 0 Å². The van der Waals surface area contributed by atoms with Gasteiger partial charge in [0.05, 0.1) is 0 Å². The highest BCUT2D eigenvalue weighted by Gasteiger charge is 2.19. The Kier molecular flexibility index (Phi) is 58.3. The molecule has 0 aliphatic heterocycles. The van der Waals surface area contributed by atoms with Crippen LogP contribution in [0, 0.1) is 0 Å². The summed E-state index contributed by atoms with van der Waals surface area (Å²) in [6.45, 7) is 6.49. The molecule has 6 nitrogen and oxygen atoms in total. The van der Waals surface area contributed by atoms with Crippen LogP contribution >= 0.6 is 0 Å². The topological polar surface area (TPSA) is 78.9 Å². The van der Waals surface area contributed by atoms with Crippen molar-refractivity contribution < 1.29 is 28.6 Å². The Morgan fingerprint density at radius 2 is 0.527 bits per heavy atom. The Morgan fingerprint density at radius 1 is 0.284 bits per heavy atom. The van der Waals surface area contributed by atoms with Gasteiger partial charge in [-0.2, -0.15) is 0 Å². The second-order valence-electron chi connectivity index (χ2n) is 20.2. The molecule has 0 saturated heterocycles. The minimum absolute atomic E-state index is 0.0938. The van der Waals surface area contributed by atoms with E-state index in [2.05, 4.69) is 130 Å². The first-order valence-corrected chi connectivity index (χ1v) is 30.9. The third kappa shape index (κ3) is 59.0. The minimum Gasteiger partial charge on any atom is -0.462 e. The number of hydrogen-bond donors (Lipinski definition) is 0. The maximum absolute atomic E-state index is 12.9. The summed E-state index contributed by atoms with van der Waals surface area (Å²) in [5, 5.41) is 0. The van der Waals surface area contributed by atoms with Crippen LogP contribution in [-0.2, 0) is 28.6 Å². The van der Waals surface area contributed by atoms with Crippen molar-refractivity contribution in [3.63, 3.8) is 0 Å². The highest BCUT2D eigenvalue weighted by molar-refractivity contribution is 5.71. The van der Waals surface area contributed by atoms with Crippen molar-refractivity contribution in [3.05, 3.63) is 109 Å². The largest absolute Gasteiger partial charge is 0.462 e. The van der Waals surface area contributed by atoms with E-state index in [9.17, 15) is 14.4 Å². The second kappa shape index (κ2) is 61.6. The molecule has 422 valence electrons. The number of hydrogen-bond acceptors (Lipinski definition) is 6. The molecule has 0 saturated carbocycles. The van der Waals surface area contributed by atoms with Crippen molar-refractivity contribution in [3.8, 4) is 0 Å². The Balaban J connectivity index is 4.42. The van der Waals surface area contributed by atoms with Gasteiger partial charge < -0.3 is 14.2 Å². The van der Waals surface area contributed by atoms with Gasteiger partial charge in [0.25, 0.3) is 0 Å². The molecule has 0 bridgehead atoms. The van der Waals surface area contributed by atoms with Gasteiger partial charge in [0.1, 0.15) is 13.2 Å². The lowest BCUT2D eigenvalue weighted by Crippen LogP contribution is -2.30. The van der Waals surface area contributed by atoms with E-state index >= 15 is 0 Å². The van der Waals surface area contributed by atoms with E-state index in [0.717, 1.165) is 122 Å². The summed E-state index contributed by atoms with van der Waals surface area (Å²) in [6, 6.07) is 0. The van der Waals surface area contributed by atoms with Crippen LogP contribution < -0.4 is 0 Å². The van der Waals surface area contributed by atoms with Crippen LogP contribution in [0.4, 0.5) is 0 Å². The van der Waals surface area contributed by atoms with Crippen molar-refractivity contribution in [2.45, 2.75) is 290 Å². The fraction of sp³-hybridized carbons (Fsp3) is 0.691. The van der Waals surface area contributed by atoms with Crippen LogP contribution in [-0.4, -0.2) is 37.2 Å². The van der Waals surface area contributed by atoms with Crippen molar-refractivity contribution in [2.24, 2.45) is 0 Å². The molecule has 0 aromatic heterocycles. The van der Waals surface area contributed by atoms with E-state index in [1.165, 1.54) is 122 Å². The maximum Gasteiger partial charge on any atom is 0.306 e. The highest BCUT2D eigenvalue weighted by Crippen LogP contribution is 2.15. The standard InChI is InChI=1S/C68H114O6/c1-4-7-10-13-16-19-22-25-27-29-30-31-32-33-34-35-36-37-38-39-41-43-46-49-52-55-58-61-67(70)73-64-65(63-72-66(69)60-57-54-51-48-45-42-24-21-18-15-12-9-6-3)74-68(71)62-59-56-53-50-47-44-40-28-26-23-20-17-14-11-8-5-2/h7,10,16,19,25,27-28,30-31,33-34,36-37,39-41,46,49,65H,4-6,8-9,11-15,17-18,20-24,26,29,32,35,38,42-45,47-48,50-64H2,1-3H3/b10-7-,19-16-,27-25-,31-30-,34-33-,37-36-,40-28-,41-39-,49-46-. The molecule has 0 spiro atoms. The Labute approximate surface area is 457 Å². The van der Waals surface area contributed by atoms with Crippen LogP contribution in [0.25, 0.3) is 0 Å². The normalized spacial score (nSPS) is 12.9. The van der Waals surface area contributed by atoms with Gasteiger partial charge in [0.15, 0.2) is 6.10 Å². The third-order valence-corrected chi connectivity index (χ3v) is 13.0. The van der Waals surface area contributed by atoms with E-state index < -0.39 is 6.10 Å². The molecule has 1 unspecified atom stereocenters. The molecule has 6 heteroatoms. The van der Waals surface area contributed by atoms with Crippen molar-refractivity contribution in [2.75, 3.05) is 13.2 Å². The fourth-order valence-corrected chi connectivity index (χ4v) is 8.39. The predicted molar refractivity (Wildman–Crippen MR) is 320 cm³/mol. The molecule has 0 aromatic carbocycles. The van der Waals surface area contributed by atoms with Gasteiger partial charge in [-0.05, 0) is 109 Å². The van der Waals surface area contributed by atoms with E-state index in [1.54, 1.807) is 0 Å². The summed E-state index contributed by atoms with van der Waals surface area (Å²) >= 11 is 0.